The normalized spacial score (nSPS) is 21.0. The Labute approximate surface area is 142 Å². The summed E-state index contributed by atoms with van der Waals surface area (Å²) in [5.74, 6) is 0.777. The van der Waals surface area contributed by atoms with Gasteiger partial charge >= 0.3 is 0 Å². The molecule has 1 aromatic heterocycles. The van der Waals surface area contributed by atoms with Crippen LogP contribution in [0.25, 0.3) is 5.69 Å². The van der Waals surface area contributed by atoms with E-state index in [1.165, 1.54) is 0 Å². The van der Waals surface area contributed by atoms with Crippen LogP contribution in [-0.2, 0) is 11.3 Å². The van der Waals surface area contributed by atoms with E-state index < -0.39 is 0 Å². The Morgan fingerprint density at radius 1 is 1.33 bits per heavy atom. The molecule has 0 bridgehead atoms. The maximum Gasteiger partial charge on any atom is 0.191 e. The number of hydrogen-bond acceptors (Lipinski definition) is 3. The average molecular weight is 327 g/mol. The molecule has 0 aliphatic carbocycles. The van der Waals surface area contributed by atoms with Gasteiger partial charge in [-0.15, -0.1) is 0 Å². The van der Waals surface area contributed by atoms with Crippen LogP contribution in [0.4, 0.5) is 0 Å². The molecular formula is C18H25N5O. The van der Waals surface area contributed by atoms with Crippen molar-refractivity contribution in [2.75, 3.05) is 20.2 Å². The fourth-order valence-electron chi connectivity index (χ4n) is 2.83. The molecule has 2 heterocycles. The van der Waals surface area contributed by atoms with Crippen molar-refractivity contribution < 1.29 is 4.74 Å². The maximum atomic E-state index is 5.79. The third-order valence-corrected chi connectivity index (χ3v) is 4.27. The molecule has 6 heteroatoms. The second-order valence-electron chi connectivity index (χ2n) is 6.31. The Bertz CT molecular complexity index is 674. The highest BCUT2D eigenvalue weighted by atomic mass is 16.5. The summed E-state index contributed by atoms with van der Waals surface area (Å²) in [5.41, 5.74) is 2.07. The fraction of sp³-hybridized carbons (Fsp3) is 0.444. The molecule has 24 heavy (non-hydrogen) atoms. The van der Waals surface area contributed by atoms with E-state index in [-0.39, 0.29) is 5.60 Å². The van der Waals surface area contributed by atoms with Crippen LogP contribution in [0, 0.1) is 0 Å². The summed E-state index contributed by atoms with van der Waals surface area (Å²) in [6.45, 7) is 4.42. The van der Waals surface area contributed by atoms with Crippen LogP contribution in [0.2, 0.25) is 0 Å². The molecule has 2 aromatic rings. The predicted molar refractivity (Wildman–Crippen MR) is 95.4 cm³/mol. The lowest BCUT2D eigenvalue weighted by atomic mass is 10.0. The molecule has 1 aliphatic heterocycles. The monoisotopic (exact) mass is 327 g/mol. The number of guanidine groups is 1. The first-order chi connectivity index (χ1) is 11.7. The van der Waals surface area contributed by atoms with E-state index in [9.17, 15) is 0 Å². The zero-order valence-corrected chi connectivity index (χ0v) is 14.3. The highest BCUT2D eigenvalue weighted by Gasteiger charge is 2.29. The van der Waals surface area contributed by atoms with E-state index in [2.05, 4.69) is 27.6 Å². The number of ether oxygens (including phenoxy) is 1. The van der Waals surface area contributed by atoms with Crippen LogP contribution in [0.1, 0.15) is 25.3 Å². The van der Waals surface area contributed by atoms with E-state index in [4.69, 9.17) is 4.74 Å². The Morgan fingerprint density at radius 3 is 2.88 bits per heavy atom. The van der Waals surface area contributed by atoms with Crippen molar-refractivity contribution in [3.63, 3.8) is 0 Å². The zero-order chi connectivity index (χ0) is 16.8. The van der Waals surface area contributed by atoms with Crippen molar-refractivity contribution in [3.05, 3.63) is 48.3 Å². The smallest absolute Gasteiger partial charge is 0.191 e. The van der Waals surface area contributed by atoms with E-state index in [0.717, 1.165) is 43.2 Å². The van der Waals surface area contributed by atoms with Gasteiger partial charge in [-0.2, -0.15) is 5.10 Å². The van der Waals surface area contributed by atoms with Crippen molar-refractivity contribution in [2.45, 2.75) is 31.9 Å². The van der Waals surface area contributed by atoms with E-state index in [1.807, 2.05) is 47.4 Å². The highest BCUT2D eigenvalue weighted by molar-refractivity contribution is 5.79. The lowest BCUT2D eigenvalue weighted by Gasteiger charge is -2.24. The van der Waals surface area contributed by atoms with Gasteiger partial charge < -0.3 is 15.4 Å². The molecular weight excluding hydrogens is 302 g/mol. The van der Waals surface area contributed by atoms with Crippen molar-refractivity contribution in [1.29, 1.82) is 0 Å². The minimum absolute atomic E-state index is 0.0875. The summed E-state index contributed by atoms with van der Waals surface area (Å²) < 4.78 is 7.67. The van der Waals surface area contributed by atoms with Gasteiger partial charge in [0.15, 0.2) is 5.96 Å². The number of rotatable bonds is 5. The van der Waals surface area contributed by atoms with Gasteiger partial charge in [-0.1, -0.05) is 18.2 Å². The molecule has 3 rings (SSSR count). The number of aromatic nitrogens is 2. The third kappa shape index (κ3) is 4.14. The largest absolute Gasteiger partial charge is 0.373 e. The lowest BCUT2D eigenvalue weighted by Crippen LogP contribution is -2.45. The SMILES string of the molecule is CN=C(NCc1cnn(-c2ccccc2)c1)NCC1(C)CCCO1. The van der Waals surface area contributed by atoms with Crippen molar-refractivity contribution >= 4 is 5.96 Å². The highest BCUT2D eigenvalue weighted by Crippen LogP contribution is 2.23. The number of hydrogen-bond donors (Lipinski definition) is 2. The summed E-state index contributed by atoms with van der Waals surface area (Å²) >= 11 is 0. The molecule has 1 saturated heterocycles. The van der Waals surface area contributed by atoms with Crippen molar-refractivity contribution in [3.8, 4) is 5.69 Å². The Morgan fingerprint density at radius 2 is 2.17 bits per heavy atom. The minimum Gasteiger partial charge on any atom is -0.373 e. The first-order valence-electron chi connectivity index (χ1n) is 8.36. The van der Waals surface area contributed by atoms with Crippen LogP contribution in [-0.4, -0.2) is 41.5 Å². The number of nitrogens with zero attached hydrogens (tertiary/aromatic N) is 3. The molecule has 0 amide bonds. The summed E-state index contributed by atoms with van der Waals surface area (Å²) in [5, 5.41) is 11.1. The standard InChI is InChI=1S/C18H25N5O/c1-18(9-6-10-24-18)14-21-17(19-2)20-11-15-12-22-23(13-15)16-7-4-3-5-8-16/h3-5,7-8,12-13H,6,9-11,14H2,1-2H3,(H2,19,20,21). The van der Waals surface area contributed by atoms with Crippen LogP contribution in [0.15, 0.2) is 47.7 Å². The molecule has 1 aliphatic rings. The molecule has 1 atom stereocenters. The Balaban J connectivity index is 1.52. The van der Waals surface area contributed by atoms with Gasteiger partial charge in [0.25, 0.3) is 0 Å². The van der Waals surface area contributed by atoms with Gasteiger partial charge in [0.1, 0.15) is 0 Å². The first-order valence-corrected chi connectivity index (χ1v) is 8.36. The molecule has 1 unspecified atom stereocenters. The topological polar surface area (TPSA) is 63.5 Å². The zero-order valence-electron chi connectivity index (χ0n) is 14.3. The number of benzene rings is 1. The lowest BCUT2D eigenvalue weighted by molar-refractivity contribution is 0.0243. The van der Waals surface area contributed by atoms with Gasteiger partial charge in [-0.3, -0.25) is 4.99 Å². The average Bonchev–Trinajstić information content (AvgIpc) is 3.26. The molecule has 128 valence electrons. The van der Waals surface area contributed by atoms with Gasteiger partial charge in [-0.25, -0.2) is 4.68 Å². The van der Waals surface area contributed by atoms with Crippen LogP contribution >= 0.6 is 0 Å². The molecule has 1 fully saturated rings. The summed E-state index contributed by atoms with van der Waals surface area (Å²) in [6.07, 6.45) is 6.11. The molecule has 0 saturated carbocycles. The van der Waals surface area contributed by atoms with Crippen molar-refractivity contribution in [1.82, 2.24) is 20.4 Å². The van der Waals surface area contributed by atoms with Gasteiger partial charge in [0.05, 0.1) is 17.5 Å². The van der Waals surface area contributed by atoms with Crippen LogP contribution in [0.5, 0.6) is 0 Å². The molecule has 0 spiro atoms. The van der Waals surface area contributed by atoms with Gasteiger partial charge in [0, 0.05) is 38.5 Å². The van der Waals surface area contributed by atoms with Crippen LogP contribution < -0.4 is 10.6 Å². The first kappa shape index (κ1) is 16.5. The summed E-state index contributed by atoms with van der Waals surface area (Å²) in [7, 11) is 1.78. The molecule has 1 aromatic carbocycles. The van der Waals surface area contributed by atoms with Gasteiger partial charge in [-0.05, 0) is 31.9 Å². The number of para-hydroxylation sites is 1. The quantitative estimate of drug-likeness (QED) is 0.652. The summed E-state index contributed by atoms with van der Waals surface area (Å²) in [6, 6.07) is 10.1. The second kappa shape index (κ2) is 7.49. The molecule has 0 radical (unpaired) electrons. The Hall–Kier alpha value is -2.34. The van der Waals surface area contributed by atoms with Crippen molar-refractivity contribution in [2.24, 2.45) is 4.99 Å². The van der Waals surface area contributed by atoms with E-state index in [0.29, 0.717) is 6.54 Å². The Kier molecular flexibility index (Phi) is 5.15. The second-order valence-corrected chi connectivity index (χ2v) is 6.31. The molecule has 6 nitrogen and oxygen atoms in total. The summed E-state index contributed by atoms with van der Waals surface area (Å²) in [4.78, 5) is 4.27. The van der Waals surface area contributed by atoms with E-state index in [1.54, 1.807) is 7.05 Å². The molecule has 2 N–H and O–H groups in total. The number of aliphatic imine (C=N–C) groups is 1. The third-order valence-electron chi connectivity index (χ3n) is 4.27. The number of nitrogens with one attached hydrogen (secondary N) is 2. The maximum absolute atomic E-state index is 5.79. The minimum atomic E-state index is -0.0875. The fourth-order valence-corrected chi connectivity index (χ4v) is 2.83. The predicted octanol–water partition coefficient (Wildman–Crippen LogP) is 2.11. The van der Waals surface area contributed by atoms with E-state index >= 15 is 0 Å². The van der Waals surface area contributed by atoms with Gasteiger partial charge in [0.2, 0.25) is 0 Å². The van der Waals surface area contributed by atoms with Crippen LogP contribution in [0.3, 0.4) is 0 Å².